The van der Waals surface area contributed by atoms with E-state index in [4.69, 9.17) is 4.42 Å². The van der Waals surface area contributed by atoms with Crippen molar-refractivity contribution in [1.82, 2.24) is 0 Å². The van der Waals surface area contributed by atoms with Crippen LogP contribution in [-0.2, 0) is 0 Å². The van der Waals surface area contributed by atoms with Gasteiger partial charge in [0.25, 0.3) is 0 Å². The Morgan fingerprint density at radius 1 is 0.370 bits per heavy atom. The van der Waals surface area contributed by atoms with Crippen molar-refractivity contribution >= 4 is 60.3 Å². The predicted molar refractivity (Wildman–Crippen MR) is 194 cm³/mol. The van der Waals surface area contributed by atoms with E-state index in [1.54, 1.807) is 0 Å². The molecule has 1 aromatic heterocycles. The largest absolute Gasteiger partial charge is 0.456 e. The second kappa shape index (κ2) is 10.8. The van der Waals surface area contributed by atoms with Crippen LogP contribution in [0.25, 0.3) is 65.7 Å². The third kappa shape index (κ3) is 4.43. The number of anilines is 3. The molecule has 0 aliphatic rings. The van der Waals surface area contributed by atoms with Crippen LogP contribution in [0.15, 0.2) is 180 Å². The first kappa shape index (κ1) is 26.3. The molecule has 0 radical (unpaired) electrons. The van der Waals surface area contributed by atoms with Crippen molar-refractivity contribution in [3.8, 4) is 22.5 Å². The Hall–Kier alpha value is -6.12. The minimum Gasteiger partial charge on any atom is -0.456 e. The van der Waals surface area contributed by atoms with Gasteiger partial charge in [0.2, 0.25) is 0 Å². The van der Waals surface area contributed by atoms with Gasteiger partial charge < -0.3 is 9.32 Å². The Balaban J connectivity index is 1.20. The Labute approximate surface area is 267 Å². The zero-order valence-corrected chi connectivity index (χ0v) is 25.1. The molecule has 0 spiro atoms. The highest BCUT2D eigenvalue weighted by atomic mass is 16.3. The van der Waals surface area contributed by atoms with Crippen molar-refractivity contribution in [3.05, 3.63) is 176 Å². The summed E-state index contributed by atoms with van der Waals surface area (Å²) in [5.74, 6) is 0.861. The third-order valence-corrected chi connectivity index (χ3v) is 9.03. The summed E-state index contributed by atoms with van der Waals surface area (Å²) < 4.78 is 6.28. The third-order valence-electron chi connectivity index (χ3n) is 9.03. The Morgan fingerprint density at radius 3 is 1.85 bits per heavy atom. The fourth-order valence-corrected chi connectivity index (χ4v) is 6.84. The lowest BCUT2D eigenvalue weighted by atomic mass is 9.93. The number of furan rings is 1. The molecular formula is C44H29NO. The highest BCUT2D eigenvalue weighted by Gasteiger charge is 2.18. The fourth-order valence-electron chi connectivity index (χ4n) is 6.84. The van der Waals surface area contributed by atoms with Gasteiger partial charge in [-0.25, -0.2) is 0 Å². The summed E-state index contributed by atoms with van der Waals surface area (Å²) in [4.78, 5) is 2.36. The maximum atomic E-state index is 6.28. The number of hydrogen-bond acceptors (Lipinski definition) is 2. The van der Waals surface area contributed by atoms with E-state index in [-0.39, 0.29) is 0 Å². The molecular weight excluding hydrogens is 558 g/mol. The predicted octanol–water partition coefficient (Wildman–Crippen LogP) is 12.7. The zero-order valence-electron chi connectivity index (χ0n) is 25.1. The standard InChI is InChI=1S/C44H29NO/c1-5-18-38-30(11-1)14-10-21-42(38)45(36-16-9-15-33(27-36)44-29-34-13-3-8-22-43(34)46-44)35-25-23-31(24-26-35)41-28-32-12-2-4-17-37(32)39-19-6-7-20-40(39)41/h1-29H. The Kier molecular flexibility index (Phi) is 6.17. The molecule has 2 nitrogen and oxygen atoms in total. The van der Waals surface area contributed by atoms with Crippen LogP contribution in [0.1, 0.15) is 0 Å². The molecule has 46 heavy (non-hydrogen) atoms. The van der Waals surface area contributed by atoms with Gasteiger partial charge in [-0.1, -0.05) is 127 Å². The number of hydrogen-bond donors (Lipinski definition) is 0. The van der Waals surface area contributed by atoms with Crippen LogP contribution in [0.4, 0.5) is 17.1 Å². The molecule has 2 heteroatoms. The average Bonchev–Trinajstić information content (AvgIpc) is 3.57. The van der Waals surface area contributed by atoms with Gasteiger partial charge in [0.05, 0.1) is 5.69 Å². The van der Waals surface area contributed by atoms with E-state index in [0.717, 1.165) is 39.4 Å². The summed E-state index contributed by atoms with van der Waals surface area (Å²) in [6.07, 6.45) is 0. The van der Waals surface area contributed by atoms with Crippen molar-refractivity contribution in [3.63, 3.8) is 0 Å². The molecule has 9 rings (SSSR count). The number of para-hydroxylation sites is 1. The summed E-state index contributed by atoms with van der Waals surface area (Å²) in [5, 5.41) is 8.58. The minimum absolute atomic E-state index is 0.861. The molecule has 9 aromatic rings. The molecule has 216 valence electrons. The van der Waals surface area contributed by atoms with E-state index < -0.39 is 0 Å². The Morgan fingerprint density at radius 2 is 1.02 bits per heavy atom. The lowest BCUT2D eigenvalue weighted by Gasteiger charge is -2.27. The summed E-state index contributed by atoms with van der Waals surface area (Å²) in [6, 6.07) is 62.8. The molecule has 0 saturated heterocycles. The lowest BCUT2D eigenvalue weighted by molar-refractivity contribution is 0.631. The van der Waals surface area contributed by atoms with Gasteiger partial charge in [0.15, 0.2) is 0 Å². The van der Waals surface area contributed by atoms with Gasteiger partial charge in [0, 0.05) is 27.7 Å². The smallest absolute Gasteiger partial charge is 0.135 e. The Bertz CT molecular complexity index is 2500. The highest BCUT2D eigenvalue weighted by molar-refractivity contribution is 6.13. The molecule has 0 atom stereocenters. The first-order valence-electron chi connectivity index (χ1n) is 15.7. The van der Waals surface area contributed by atoms with E-state index >= 15 is 0 Å². The molecule has 0 amide bonds. The van der Waals surface area contributed by atoms with Crippen LogP contribution in [0.3, 0.4) is 0 Å². The van der Waals surface area contributed by atoms with Crippen molar-refractivity contribution in [1.29, 1.82) is 0 Å². The molecule has 0 unspecified atom stereocenters. The average molecular weight is 588 g/mol. The molecule has 0 bridgehead atoms. The topological polar surface area (TPSA) is 16.4 Å². The first-order valence-corrected chi connectivity index (χ1v) is 15.7. The highest BCUT2D eigenvalue weighted by Crippen LogP contribution is 2.42. The van der Waals surface area contributed by atoms with E-state index in [0.29, 0.717) is 0 Å². The molecule has 0 fully saturated rings. The monoisotopic (exact) mass is 587 g/mol. The molecule has 0 aliphatic carbocycles. The quantitative estimate of drug-likeness (QED) is 0.186. The van der Waals surface area contributed by atoms with Crippen LogP contribution < -0.4 is 4.90 Å². The number of rotatable bonds is 5. The van der Waals surface area contributed by atoms with Gasteiger partial charge in [-0.15, -0.1) is 0 Å². The molecule has 0 saturated carbocycles. The van der Waals surface area contributed by atoms with E-state index in [1.807, 2.05) is 18.2 Å². The van der Waals surface area contributed by atoms with E-state index in [1.165, 1.54) is 43.4 Å². The van der Waals surface area contributed by atoms with Crippen LogP contribution in [0.5, 0.6) is 0 Å². The van der Waals surface area contributed by atoms with Crippen molar-refractivity contribution in [2.45, 2.75) is 0 Å². The number of benzene rings is 8. The fraction of sp³-hybridized carbons (Fsp3) is 0. The van der Waals surface area contributed by atoms with Crippen LogP contribution in [-0.4, -0.2) is 0 Å². The lowest BCUT2D eigenvalue weighted by Crippen LogP contribution is -2.10. The van der Waals surface area contributed by atoms with Crippen LogP contribution in [0, 0.1) is 0 Å². The molecule has 0 N–H and O–H groups in total. The normalized spacial score (nSPS) is 11.5. The zero-order chi connectivity index (χ0) is 30.5. The van der Waals surface area contributed by atoms with Crippen LogP contribution >= 0.6 is 0 Å². The first-order chi connectivity index (χ1) is 22.8. The summed E-state index contributed by atoms with van der Waals surface area (Å²) in [7, 11) is 0. The van der Waals surface area contributed by atoms with Gasteiger partial charge in [-0.05, 0) is 86.6 Å². The molecule has 8 aromatic carbocycles. The summed E-state index contributed by atoms with van der Waals surface area (Å²) in [6.45, 7) is 0. The maximum absolute atomic E-state index is 6.28. The number of fused-ring (bicyclic) bond motifs is 5. The van der Waals surface area contributed by atoms with Crippen molar-refractivity contribution in [2.75, 3.05) is 4.90 Å². The molecule has 1 heterocycles. The van der Waals surface area contributed by atoms with Crippen molar-refractivity contribution in [2.24, 2.45) is 0 Å². The number of nitrogens with zero attached hydrogens (tertiary/aromatic N) is 1. The van der Waals surface area contributed by atoms with Gasteiger partial charge in [0.1, 0.15) is 11.3 Å². The maximum Gasteiger partial charge on any atom is 0.135 e. The summed E-state index contributed by atoms with van der Waals surface area (Å²) in [5.41, 5.74) is 7.65. The van der Waals surface area contributed by atoms with Gasteiger partial charge in [-0.3, -0.25) is 0 Å². The SMILES string of the molecule is c1cc(-c2cc3ccccc3o2)cc(N(c2ccc(-c3cc4ccccc4c4ccccc34)cc2)c2cccc3ccccc23)c1. The van der Waals surface area contributed by atoms with Crippen LogP contribution in [0.2, 0.25) is 0 Å². The molecule has 0 aliphatic heterocycles. The minimum atomic E-state index is 0.861. The van der Waals surface area contributed by atoms with Gasteiger partial charge >= 0.3 is 0 Å². The second-order valence-electron chi connectivity index (χ2n) is 11.8. The summed E-state index contributed by atoms with van der Waals surface area (Å²) >= 11 is 0. The van der Waals surface area contributed by atoms with E-state index in [2.05, 4.69) is 163 Å². The second-order valence-corrected chi connectivity index (χ2v) is 11.8. The van der Waals surface area contributed by atoms with Crippen molar-refractivity contribution < 1.29 is 4.42 Å². The van der Waals surface area contributed by atoms with E-state index in [9.17, 15) is 0 Å². The van der Waals surface area contributed by atoms with Gasteiger partial charge in [-0.2, -0.15) is 0 Å².